The van der Waals surface area contributed by atoms with E-state index in [-0.39, 0.29) is 17.0 Å². The summed E-state index contributed by atoms with van der Waals surface area (Å²) in [5.41, 5.74) is 10.9. The number of rotatable bonds is 3. The van der Waals surface area contributed by atoms with Crippen molar-refractivity contribution in [1.29, 1.82) is 0 Å². The van der Waals surface area contributed by atoms with Crippen LogP contribution in [0, 0.1) is 18.6 Å². The van der Waals surface area contributed by atoms with E-state index in [1.807, 2.05) is 24.7 Å². The van der Waals surface area contributed by atoms with E-state index in [4.69, 9.17) is 4.98 Å². The number of nitrogens with zero attached hydrogens (tertiary/aromatic N) is 2. The van der Waals surface area contributed by atoms with Gasteiger partial charge in [0.25, 0.3) is 0 Å². The Morgan fingerprint density at radius 1 is 0.703 bits per heavy atom. The van der Waals surface area contributed by atoms with Crippen molar-refractivity contribution in [2.24, 2.45) is 7.05 Å². The van der Waals surface area contributed by atoms with E-state index in [2.05, 4.69) is 56.3 Å². The van der Waals surface area contributed by atoms with Crippen LogP contribution in [-0.4, -0.2) is 4.98 Å². The molecule has 0 amide bonds. The fourth-order valence-electron chi connectivity index (χ4n) is 5.64. The molecule has 0 spiro atoms. The molecule has 4 aromatic carbocycles. The largest absolute Gasteiger partial charge is 0.239 e. The minimum absolute atomic E-state index is 0.116. The number of aromatic nitrogens is 2. The highest BCUT2D eigenvalue weighted by atomic mass is 19.1. The lowest BCUT2D eigenvalue weighted by Crippen LogP contribution is -2.32. The molecular formula is C33H27F2N2+. The van der Waals surface area contributed by atoms with Gasteiger partial charge in [-0.25, -0.2) is 13.8 Å². The second-order valence-electron chi connectivity index (χ2n) is 10.3. The molecule has 0 aliphatic heterocycles. The van der Waals surface area contributed by atoms with Crippen molar-refractivity contribution < 1.29 is 13.3 Å². The summed E-state index contributed by atoms with van der Waals surface area (Å²) in [6.45, 7) is 6.42. The molecule has 1 heterocycles. The smallest absolute Gasteiger partial charge is 0.234 e. The first-order valence-corrected chi connectivity index (χ1v) is 12.4. The Balaban J connectivity index is 1.56. The molecule has 0 bridgehead atoms. The maximum absolute atomic E-state index is 13.9. The maximum Gasteiger partial charge on any atom is 0.239 e. The molecule has 182 valence electrons. The fourth-order valence-corrected chi connectivity index (χ4v) is 5.64. The molecule has 2 nitrogen and oxygen atoms in total. The Bertz CT molecular complexity index is 1680. The first-order chi connectivity index (χ1) is 17.7. The monoisotopic (exact) mass is 489 g/mol. The molecule has 1 aliphatic rings. The zero-order valence-corrected chi connectivity index (χ0v) is 21.3. The van der Waals surface area contributed by atoms with Crippen molar-refractivity contribution in [2.75, 3.05) is 0 Å². The van der Waals surface area contributed by atoms with E-state index < -0.39 is 0 Å². The van der Waals surface area contributed by atoms with Crippen molar-refractivity contribution in [1.82, 2.24) is 4.98 Å². The highest BCUT2D eigenvalue weighted by Gasteiger charge is 2.35. The Morgan fingerprint density at radius 2 is 1.35 bits per heavy atom. The molecule has 0 saturated heterocycles. The van der Waals surface area contributed by atoms with Crippen molar-refractivity contribution in [3.05, 3.63) is 119 Å². The summed E-state index contributed by atoms with van der Waals surface area (Å²) in [6.07, 6.45) is 2.02. The van der Waals surface area contributed by atoms with Gasteiger partial charge in [-0.2, -0.15) is 4.57 Å². The molecule has 0 radical (unpaired) electrons. The summed E-state index contributed by atoms with van der Waals surface area (Å²) in [5, 5.41) is 0. The van der Waals surface area contributed by atoms with Gasteiger partial charge >= 0.3 is 0 Å². The molecular weight excluding hydrogens is 462 g/mol. The second-order valence-corrected chi connectivity index (χ2v) is 10.3. The van der Waals surface area contributed by atoms with E-state index in [0.717, 1.165) is 39.3 Å². The minimum Gasteiger partial charge on any atom is -0.234 e. The summed E-state index contributed by atoms with van der Waals surface area (Å²) < 4.78 is 29.8. The normalized spacial score (nSPS) is 13.4. The number of aryl methyl sites for hydroxylation is 2. The van der Waals surface area contributed by atoms with Crippen LogP contribution in [0.2, 0.25) is 0 Å². The Morgan fingerprint density at radius 3 is 2.11 bits per heavy atom. The third-order valence-electron chi connectivity index (χ3n) is 7.57. The molecule has 1 aliphatic carbocycles. The Labute approximate surface area is 215 Å². The lowest BCUT2D eigenvalue weighted by Gasteiger charge is -2.21. The lowest BCUT2D eigenvalue weighted by atomic mass is 9.82. The van der Waals surface area contributed by atoms with Crippen LogP contribution in [0.4, 0.5) is 8.78 Å². The SMILES string of the molecule is Cc1cc(F)ccc1-c1c(-c2ccc(F)cc2)nc(-c2ccc3c(c2)C(C)(C)c2ccccc2-3)c[n+]1C. The van der Waals surface area contributed by atoms with Crippen molar-refractivity contribution in [2.45, 2.75) is 26.2 Å². The molecule has 0 N–H and O–H groups in total. The van der Waals surface area contributed by atoms with Crippen LogP contribution in [0.1, 0.15) is 30.5 Å². The van der Waals surface area contributed by atoms with Crippen molar-refractivity contribution >= 4 is 0 Å². The summed E-state index contributed by atoms with van der Waals surface area (Å²) in [5.74, 6) is -0.581. The number of halogens is 2. The molecule has 0 atom stereocenters. The number of hydrogen-bond acceptors (Lipinski definition) is 1. The highest BCUT2D eigenvalue weighted by Crippen LogP contribution is 2.49. The average Bonchev–Trinajstić information content (AvgIpc) is 3.11. The first-order valence-electron chi connectivity index (χ1n) is 12.4. The summed E-state index contributed by atoms with van der Waals surface area (Å²) >= 11 is 0. The molecule has 5 aromatic rings. The lowest BCUT2D eigenvalue weighted by molar-refractivity contribution is -0.659. The summed E-state index contributed by atoms with van der Waals surface area (Å²) in [4.78, 5) is 5.13. The maximum atomic E-state index is 13.9. The summed E-state index contributed by atoms with van der Waals surface area (Å²) in [7, 11) is 1.98. The van der Waals surface area contributed by atoms with Crippen molar-refractivity contribution in [3.8, 4) is 44.9 Å². The van der Waals surface area contributed by atoms with Crippen LogP contribution in [0.25, 0.3) is 44.9 Å². The van der Waals surface area contributed by atoms with Crippen LogP contribution in [-0.2, 0) is 12.5 Å². The van der Waals surface area contributed by atoms with Gasteiger partial charge in [-0.1, -0.05) is 50.2 Å². The van der Waals surface area contributed by atoms with E-state index in [9.17, 15) is 8.78 Å². The van der Waals surface area contributed by atoms with E-state index >= 15 is 0 Å². The Hall–Kier alpha value is -4.18. The second kappa shape index (κ2) is 8.45. The van der Waals surface area contributed by atoms with Gasteiger partial charge in [0.15, 0.2) is 6.20 Å². The third-order valence-corrected chi connectivity index (χ3v) is 7.57. The number of hydrogen-bond donors (Lipinski definition) is 0. The van der Waals surface area contributed by atoms with Gasteiger partial charge in [-0.15, -0.1) is 0 Å². The third kappa shape index (κ3) is 3.75. The van der Waals surface area contributed by atoms with E-state index in [0.29, 0.717) is 0 Å². The summed E-state index contributed by atoms with van der Waals surface area (Å²) in [6, 6.07) is 26.3. The zero-order chi connectivity index (χ0) is 25.9. The van der Waals surface area contributed by atoms with Gasteiger partial charge < -0.3 is 0 Å². The van der Waals surface area contributed by atoms with Gasteiger partial charge in [0.05, 0.1) is 5.56 Å². The zero-order valence-electron chi connectivity index (χ0n) is 21.3. The standard InChI is InChI=1S/C33H27F2N2/c1-20-17-24(35)14-16-25(20)32-31(21-9-12-23(34)13-10-21)36-30(19-37(32)4)22-11-15-27-26-7-5-6-8-28(26)33(2,3)29(27)18-22/h5-19H,1-4H3/q+1. The predicted molar refractivity (Wildman–Crippen MR) is 144 cm³/mol. The molecule has 0 fully saturated rings. The van der Waals surface area contributed by atoms with E-state index in [1.165, 1.54) is 46.5 Å². The van der Waals surface area contributed by atoms with Crippen LogP contribution < -0.4 is 4.57 Å². The van der Waals surface area contributed by atoms with Crippen LogP contribution in [0.5, 0.6) is 0 Å². The van der Waals surface area contributed by atoms with Crippen LogP contribution in [0.3, 0.4) is 0 Å². The molecule has 0 saturated carbocycles. The molecule has 37 heavy (non-hydrogen) atoms. The van der Waals surface area contributed by atoms with Crippen LogP contribution >= 0.6 is 0 Å². The quantitative estimate of drug-likeness (QED) is 0.236. The van der Waals surface area contributed by atoms with Crippen LogP contribution in [0.15, 0.2) is 91.1 Å². The first kappa shape index (κ1) is 23.2. The van der Waals surface area contributed by atoms with Gasteiger partial charge in [-0.3, -0.25) is 0 Å². The minimum atomic E-state index is -0.302. The van der Waals surface area contributed by atoms with E-state index in [1.54, 1.807) is 18.2 Å². The Kier molecular flexibility index (Phi) is 5.30. The molecule has 4 heteroatoms. The highest BCUT2D eigenvalue weighted by molar-refractivity contribution is 5.84. The number of benzene rings is 4. The molecule has 1 aromatic heterocycles. The van der Waals surface area contributed by atoms with Gasteiger partial charge in [0.2, 0.25) is 5.69 Å². The fraction of sp³-hybridized carbons (Fsp3) is 0.152. The van der Waals surface area contributed by atoms with Gasteiger partial charge in [-0.05, 0) is 83.3 Å². The average molecular weight is 490 g/mol. The van der Waals surface area contributed by atoms with Gasteiger partial charge in [0, 0.05) is 16.5 Å². The topological polar surface area (TPSA) is 16.8 Å². The molecule has 0 unspecified atom stereocenters. The molecule has 6 rings (SSSR count). The van der Waals surface area contributed by atoms with Crippen molar-refractivity contribution in [3.63, 3.8) is 0 Å². The number of fused-ring (bicyclic) bond motifs is 3. The van der Waals surface area contributed by atoms with Gasteiger partial charge in [0.1, 0.15) is 30.1 Å². The predicted octanol–water partition coefficient (Wildman–Crippen LogP) is 7.80.